The summed E-state index contributed by atoms with van der Waals surface area (Å²) in [7, 11) is 4.09. The molecule has 0 spiro atoms. The number of hydrogen-bond acceptors (Lipinski definition) is 6. The Morgan fingerprint density at radius 3 is 2.36 bits per heavy atom. The number of nitrogens with one attached hydrogen (secondary N) is 1. The van der Waals surface area contributed by atoms with E-state index in [2.05, 4.69) is 61.9 Å². The largest absolute Gasteiger partial charge is 0.378 e. The Bertz CT molecular complexity index is 869. The summed E-state index contributed by atoms with van der Waals surface area (Å²) in [6, 6.07) is 17.0. The summed E-state index contributed by atoms with van der Waals surface area (Å²) in [5.74, 6) is 1.64. The highest BCUT2D eigenvalue weighted by Gasteiger charge is 2.21. The van der Waals surface area contributed by atoms with Gasteiger partial charge in [-0.15, -0.1) is 16.9 Å². The summed E-state index contributed by atoms with van der Waals surface area (Å²) >= 11 is 1.81. The Hall–Kier alpha value is -2.67. The van der Waals surface area contributed by atoms with Gasteiger partial charge in [0.1, 0.15) is 0 Å². The molecule has 0 amide bonds. The molecule has 1 atom stereocenters. The molecule has 2 aromatic carbocycles. The first-order valence-electron chi connectivity index (χ1n) is 8.03. The van der Waals surface area contributed by atoms with Crippen molar-refractivity contribution in [3.63, 3.8) is 0 Å². The molecule has 1 unspecified atom stereocenters. The van der Waals surface area contributed by atoms with Crippen LogP contribution < -0.4 is 4.90 Å². The van der Waals surface area contributed by atoms with E-state index in [-0.39, 0.29) is 6.04 Å². The molecule has 4 rings (SSSR count). The fraction of sp³-hybridized carbons (Fsp3) is 0.222. The molecule has 0 fully saturated rings. The third-order valence-corrected chi connectivity index (χ3v) is 5.29. The van der Waals surface area contributed by atoms with E-state index in [0.29, 0.717) is 5.82 Å². The molecular weight excluding hydrogens is 332 g/mol. The van der Waals surface area contributed by atoms with E-state index in [1.165, 1.54) is 16.8 Å². The molecule has 1 aromatic heterocycles. The van der Waals surface area contributed by atoms with Gasteiger partial charge < -0.3 is 4.90 Å². The maximum atomic E-state index is 4.91. The van der Waals surface area contributed by atoms with Crippen LogP contribution in [-0.2, 0) is 0 Å². The van der Waals surface area contributed by atoms with Crippen molar-refractivity contribution in [1.29, 1.82) is 0 Å². The minimum Gasteiger partial charge on any atom is -0.378 e. The van der Waals surface area contributed by atoms with Crippen molar-refractivity contribution in [3.05, 3.63) is 59.7 Å². The van der Waals surface area contributed by atoms with Gasteiger partial charge in [-0.2, -0.15) is 0 Å². The van der Waals surface area contributed by atoms with Crippen molar-refractivity contribution < 1.29 is 0 Å². The molecule has 126 valence electrons. The van der Waals surface area contributed by atoms with Gasteiger partial charge in [0.15, 0.2) is 5.82 Å². The molecular formula is C18H18N6S. The smallest absolute Gasteiger partial charge is 0.179 e. The number of aliphatic imine (C=N–C) groups is 1. The van der Waals surface area contributed by atoms with E-state index in [9.17, 15) is 0 Å². The molecule has 0 radical (unpaired) electrons. The topological polar surface area (TPSA) is 70.1 Å². The van der Waals surface area contributed by atoms with Crippen LogP contribution in [0, 0.1) is 0 Å². The molecule has 1 aliphatic rings. The number of nitrogens with zero attached hydrogens (tertiary/aromatic N) is 5. The molecule has 25 heavy (non-hydrogen) atoms. The van der Waals surface area contributed by atoms with Gasteiger partial charge in [-0.1, -0.05) is 36.4 Å². The first-order chi connectivity index (χ1) is 12.2. The summed E-state index contributed by atoms with van der Waals surface area (Å²) in [5, 5.41) is 15.0. The summed E-state index contributed by atoms with van der Waals surface area (Å²) in [6.07, 6.45) is 0. The molecule has 0 bridgehead atoms. The summed E-state index contributed by atoms with van der Waals surface area (Å²) < 4.78 is 0. The maximum Gasteiger partial charge on any atom is 0.179 e. The third kappa shape index (κ3) is 3.28. The Balaban J connectivity index is 1.52. The van der Waals surface area contributed by atoms with Gasteiger partial charge in [-0.25, -0.2) is 5.10 Å². The zero-order valence-corrected chi connectivity index (χ0v) is 14.9. The number of H-pyrrole nitrogens is 1. The highest BCUT2D eigenvalue weighted by atomic mass is 32.2. The number of rotatable bonds is 4. The first kappa shape index (κ1) is 15.8. The lowest BCUT2D eigenvalue weighted by atomic mass is 10.1. The van der Waals surface area contributed by atoms with Gasteiger partial charge in [-0.3, -0.25) is 4.99 Å². The van der Waals surface area contributed by atoms with Gasteiger partial charge in [0, 0.05) is 36.7 Å². The number of hydrogen-bond donors (Lipinski definition) is 1. The van der Waals surface area contributed by atoms with Crippen molar-refractivity contribution >= 4 is 22.5 Å². The number of thioether (sulfide) groups is 1. The minimum atomic E-state index is 0.190. The maximum absolute atomic E-state index is 4.91. The monoisotopic (exact) mass is 350 g/mol. The SMILES string of the molecule is CN(C)c1ccc(C2=NC(c3ccc(-c4nnn[nH]4)cc3)CS2)cc1. The average Bonchev–Trinajstić information content (AvgIpc) is 3.34. The van der Waals surface area contributed by atoms with Crippen LogP contribution in [0.1, 0.15) is 17.2 Å². The molecule has 0 aliphatic carbocycles. The van der Waals surface area contributed by atoms with Crippen molar-refractivity contribution in [3.8, 4) is 11.4 Å². The Kier molecular flexibility index (Phi) is 4.23. The number of tetrazole rings is 1. The highest BCUT2D eigenvalue weighted by molar-refractivity contribution is 8.14. The van der Waals surface area contributed by atoms with Crippen LogP contribution in [0.25, 0.3) is 11.4 Å². The van der Waals surface area contributed by atoms with E-state index in [1.54, 1.807) is 0 Å². The van der Waals surface area contributed by atoms with Crippen LogP contribution in [-0.4, -0.2) is 45.5 Å². The Morgan fingerprint density at radius 2 is 1.72 bits per heavy atom. The lowest BCUT2D eigenvalue weighted by molar-refractivity contribution is 0.850. The Labute approximate surface area is 150 Å². The fourth-order valence-corrected chi connectivity index (χ4v) is 3.84. The van der Waals surface area contributed by atoms with E-state index < -0.39 is 0 Å². The molecule has 0 saturated heterocycles. The molecule has 0 saturated carbocycles. The van der Waals surface area contributed by atoms with Gasteiger partial charge in [-0.05, 0) is 28.1 Å². The van der Waals surface area contributed by atoms with Crippen LogP contribution in [0.15, 0.2) is 53.5 Å². The molecule has 1 aliphatic heterocycles. The van der Waals surface area contributed by atoms with Crippen LogP contribution in [0.4, 0.5) is 5.69 Å². The van der Waals surface area contributed by atoms with Crippen molar-refractivity contribution in [2.75, 3.05) is 24.7 Å². The van der Waals surface area contributed by atoms with E-state index in [4.69, 9.17) is 4.99 Å². The quantitative estimate of drug-likeness (QED) is 0.783. The number of aromatic amines is 1. The fourth-order valence-electron chi connectivity index (χ4n) is 2.75. The van der Waals surface area contributed by atoms with Gasteiger partial charge in [0.05, 0.1) is 11.1 Å². The molecule has 6 nitrogen and oxygen atoms in total. The molecule has 2 heterocycles. The van der Waals surface area contributed by atoms with Crippen LogP contribution in [0.5, 0.6) is 0 Å². The predicted molar refractivity (Wildman–Crippen MR) is 102 cm³/mol. The van der Waals surface area contributed by atoms with Crippen molar-refractivity contribution in [1.82, 2.24) is 20.6 Å². The average molecular weight is 350 g/mol. The first-order valence-corrected chi connectivity index (χ1v) is 9.02. The van der Waals surface area contributed by atoms with E-state index in [0.717, 1.165) is 16.4 Å². The second kappa shape index (κ2) is 6.68. The standard InChI is InChI=1S/C18H18N6S/c1-24(2)15-9-7-14(8-10-15)18-19-16(11-25-18)12-3-5-13(6-4-12)17-20-22-23-21-17/h3-10,16H,11H2,1-2H3,(H,20,21,22,23). The molecule has 3 aromatic rings. The van der Waals surface area contributed by atoms with Gasteiger partial charge >= 0.3 is 0 Å². The summed E-state index contributed by atoms with van der Waals surface area (Å²) in [6.45, 7) is 0. The number of benzene rings is 2. The van der Waals surface area contributed by atoms with E-state index in [1.807, 2.05) is 38.0 Å². The van der Waals surface area contributed by atoms with Crippen LogP contribution in [0.3, 0.4) is 0 Å². The minimum absolute atomic E-state index is 0.190. The van der Waals surface area contributed by atoms with Gasteiger partial charge in [0.2, 0.25) is 0 Å². The zero-order valence-electron chi connectivity index (χ0n) is 14.0. The number of aromatic nitrogens is 4. The van der Waals surface area contributed by atoms with Crippen molar-refractivity contribution in [2.45, 2.75) is 6.04 Å². The summed E-state index contributed by atoms with van der Waals surface area (Å²) in [5.41, 5.74) is 4.57. The Morgan fingerprint density at radius 1 is 1.00 bits per heavy atom. The third-order valence-electron chi connectivity index (χ3n) is 4.20. The second-order valence-electron chi connectivity index (χ2n) is 6.07. The normalized spacial score (nSPS) is 16.7. The predicted octanol–water partition coefficient (Wildman–Crippen LogP) is 3.17. The zero-order chi connectivity index (χ0) is 17.2. The second-order valence-corrected chi connectivity index (χ2v) is 7.08. The van der Waals surface area contributed by atoms with Crippen molar-refractivity contribution in [2.24, 2.45) is 4.99 Å². The highest BCUT2D eigenvalue weighted by Crippen LogP contribution is 2.34. The van der Waals surface area contributed by atoms with Crippen LogP contribution >= 0.6 is 11.8 Å². The molecule has 1 N–H and O–H groups in total. The lowest BCUT2D eigenvalue weighted by Gasteiger charge is -2.12. The van der Waals surface area contributed by atoms with Crippen LogP contribution in [0.2, 0.25) is 0 Å². The van der Waals surface area contributed by atoms with E-state index >= 15 is 0 Å². The number of anilines is 1. The molecule has 7 heteroatoms. The lowest BCUT2D eigenvalue weighted by Crippen LogP contribution is -2.08. The summed E-state index contributed by atoms with van der Waals surface area (Å²) in [4.78, 5) is 7.01. The van der Waals surface area contributed by atoms with Gasteiger partial charge in [0.25, 0.3) is 0 Å².